The third-order valence-corrected chi connectivity index (χ3v) is 4.07. The SMILES string of the molecule is CN[C@H]1C[C@@H](c2ccccc2)[C@@H](C)N(CC(F)(F)F)C1=O. The molecule has 1 aromatic carbocycles. The van der Waals surface area contributed by atoms with Gasteiger partial charge in [0.2, 0.25) is 5.91 Å². The molecular weight excluding hydrogens is 281 g/mol. The molecule has 21 heavy (non-hydrogen) atoms. The predicted octanol–water partition coefficient (Wildman–Crippen LogP) is 2.54. The molecule has 1 aliphatic heterocycles. The number of likely N-dealkylation sites (N-methyl/N-ethyl adjacent to an activating group) is 1. The Bertz CT molecular complexity index is 489. The summed E-state index contributed by atoms with van der Waals surface area (Å²) in [5.74, 6) is -0.585. The van der Waals surface area contributed by atoms with Crippen LogP contribution in [0.15, 0.2) is 30.3 Å². The second kappa shape index (κ2) is 6.05. The topological polar surface area (TPSA) is 32.3 Å². The molecular formula is C15H19F3N2O. The van der Waals surface area contributed by atoms with E-state index in [2.05, 4.69) is 5.32 Å². The fraction of sp³-hybridized carbons (Fsp3) is 0.533. The van der Waals surface area contributed by atoms with Crippen molar-refractivity contribution < 1.29 is 18.0 Å². The van der Waals surface area contributed by atoms with Crippen molar-refractivity contribution in [2.24, 2.45) is 0 Å². The maximum Gasteiger partial charge on any atom is 0.406 e. The Morgan fingerprint density at radius 2 is 1.90 bits per heavy atom. The minimum Gasteiger partial charge on any atom is -0.329 e. The molecule has 0 spiro atoms. The number of likely N-dealkylation sites (tertiary alicyclic amines) is 1. The molecule has 1 N–H and O–H groups in total. The van der Waals surface area contributed by atoms with Gasteiger partial charge in [0, 0.05) is 12.0 Å². The molecule has 6 heteroatoms. The first-order valence-corrected chi connectivity index (χ1v) is 6.93. The van der Waals surface area contributed by atoms with Crippen LogP contribution in [-0.2, 0) is 4.79 Å². The first-order valence-electron chi connectivity index (χ1n) is 6.93. The lowest BCUT2D eigenvalue weighted by atomic mass is 9.82. The minimum absolute atomic E-state index is 0.108. The molecule has 1 amide bonds. The van der Waals surface area contributed by atoms with Crippen molar-refractivity contribution in [2.45, 2.75) is 37.5 Å². The fourth-order valence-corrected chi connectivity index (χ4v) is 2.94. The van der Waals surface area contributed by atoms with Crippen LogP contribution in [0.1, 0.15) is 24.8 Å². The van der Waals surface area contributed by atoms with E-state index >= 15 is 0 Å². The van der Waals surface area contributed by atoms with Crippen molar-refractivity contribution in [3.63, 3.8) is 0 Å². The summed E-state index contributed by atoms with van der Waals surface area (Å²) in [6.07, 6.45) is -3.88. The van der Waals surface area contributed by atoms with E-state index in [0.717, 1.165) is 10.5 Å². The van der Waals surface area contributed by atoms with Gasteiger partial charge in [-0.05, 0) is 26.0 Å². The predicted molar refractivity (Wildman–Crippen MR) is 73.9 cm³/mol. The van der Waals surface area contributed by atoms with Crippen LogP contribution in [0.2, 0.25) is 0 Å². The number of halogens is 3. The normalized spacial score (nSPS) is 27.0. The van der Waals surface area contributed by atoms with E-state index in [1.807, 2.05) is 30.3 Å². The summed E-state index contributed by atoms with van der Waals surface area (Å²) in [6.45, 7) is 0.488. The first kappa shape index (κ1) is 15.8. The number of amides is 1. The number of hydrogen-bond donors (Lipinski definition) is 1. The highest BCUT2D eigenvalue weighted by atomic mass is 19.4. The Hall–Kier alpha value is -1.56. The van der Waals surface area contributed by atoms with E-state index in [1.165, 1.54) is 0 Å². The van der Waals surface area contributed by atoms with Crippen LogP contribution in [0.5, 0.6) is 0 Å². The maximum atomic E-state index is 12.7. The molecule has 2 rings (SSSR count). The van der Waals surface area contributed by atoms with Crippen LogP contribution in [0.25, 0.3) is 0 Å². The molecule has 116 valence electrons. The molecule has 1 aromatic rings. The highest BCUT2D eigenvalue weighted by Crippen LogP contribution is 2.34. The van der Waals surface area contributed by atoms with Crippen molar-refractivity contribution in [3.8, 4) is 0 Å². The summed E-state index contributed by atoms with van der Waals surface area (Å²) in [4.78, 5) is 13.1. The Kier molecular flexibility index (Phi) is 4.56. The van der Waals surface area contributed by atoms with Crippen molar-refractivity contribution in [1.82, 2.24) is 10.2 Å². The number of benzene rings is 1. The molecule has 0 aliphatic carbocycles. The monoisotopic (exact) mass is 300 g/mol. The van der Waals surface area contributed by atoms with Gasteiger partial charge in [0.25, 0.3) is 0 Å². The summed E-state index contributed by atoms with van der Waals surface area (Å²) in [5, 5.41) is 2.83. The summed E-state index contributed by atoms with van der Waals surface area (Å²) in [6, 6.07) is 8.33. The second-order valence-electron chi connectivity index (χ2n) is 5.42. The van der Waals surface area contributed by atoms with Crippen molar-refractivity contribution in [2.75, 3.05) is 13.6 Å². The molecule has 3 atom stereocenters. The van der Waals surface area contributed by atoms with E-state index in [0.29, 0.717) is 6.42 Å². The van der Waals surface area contributed by atoms with Gasteiger partial charge in [-0.1, -0.05) is 30.3 Å². The van der Waals surface area contributed by atoms with Gasteiger partial charge in [0.05, 0.1) is 6.04 Å². The maximum absolute atomic E-state index is 12.7. The number of nitrogens with zero attached hydrogens (tertiary/aromatic N) is 1. The number of hydrogen-bond acceptors (Lipinski definition) is 2. The quantitative estimate of drug-likeness (QED) is 0.930. The number of rotatable bonds is 3. The molecule has 1 saturated heterocycles. The highest BCUT2D eigenvalue weighted by Gasteiger charge is 2.44. The van der Waals surface area contributed by atoms with Crippen molar-refractivity contribution in [3.05, 3.63) is 35.9 Å². The average molecular weight is 300 g/mol. The van der Waals surface area contributed by atoms with Gasteiger partial charge < -0.3 is 10.2 Å². The molecule has 0 aromatic heterocycles. The lowest BCUT2D eigenvalue weighted by molar-refractivity contribution is -0.170. The zero-order chi connectivity index (χ0) is 15.6. The third kappa shape index (κ3) is 3.56. The smallest absolute Gasteiger partial charge is 0.329 e. The van der Waals surface area contributed by atoms with E-state index in [9.17, 15) is 18.0 Å². The van der Waals surface area contributed by atoms with Gasteiger partial charge in [-0.2, -0.15) is 13.2 Å². The van der Waals surface area contributed by atoms with Crippen molar-refractivity contribution in [1.29, 1.82) is 0 Å². The Morgan fingerprint density at radius 1 is 1.29 bits per heavy atom. The zero-order valence-electron chi connectivity index (χ0n) is 12.0. The molecule has 0 radical (unpaired) electrons. The number of piperidine rings is 1. The average Bonchev–Trinajstić information content (AvgIpc) is 2.44. The fourth-order valence-electron chi connectivity index (χ4n) is 2.94. The first-order chi connectivity index (χ1) is 9.83. The molecule has 3 nitrogen and oxygen atoms in total. The summed E-state index contributed by atoms with van der Waals surface area (Å²) < 4.78 is 38.2. The Morgan fingerprint density at radius 3 is 2.43 bits per heavy atom. The largest absolute Gasteiger partial charge is 0.406 e. The molecule has 0 unspecified atom stereocenters. The Balaban J connectivity index is 2.29. The summed E-state index contributed by atoms with van der Waals surface area (Å²) in [7, 11) is 1.60. The van der Waals surface area contributed by atoms with Gasteiger partial charge in [-0.25, -0.2) is 0 Å². The van der Waals surface area contributed by atoms with Crippen LogP contribution in [-0.4, -0.2) is 42.7 Å². The lowest BCUT2D eigenvalue weighted by Gasteiger charge is -2.43. The standard InChI is InChI=1S/C15H19F3N2O/c1-10-12(11-6-4-3-5-7-11)8-13(19-2)14(21)20(10)9-15(16,17)18/h3-7,10,12-13,19H,8-9H2,1-2H3/t10-,12-,13+/m1/s1. The Labute approximate surface area is 122 Å². The highest BCUT2D eigenvalue weighted by molar-refractivity contribution is 5.83. The van der Waals surface area contributed by atoms with Crippen molar-refractivity contribution >= 4 is 5.91 Å². The van der Waals surface area contributed by atoms with Crippen LogP contribution in [0, 0.1) is 0 Å². The lowest BCUT2D eigenvalue weighted by Crippen LogP contribution is -2.58. The van der Waals surface area contributed by atoms with E-state index < -0.39 is 30.7 Å². The van der Waals surface area contributed by atoms with Gasteiger partial charge in [-0.3, -0.25) is 4.79 Å². The number of alkyl halides is 3. The van der Waals surface area contributed by atoms with Gasteiger partial charge >= 0.3 is 6.18 Å². The minimum atomic E-state index is -4.39. The van der Waals surface area contributed by atoms with Gasteiger partial charge in [0.15, 0.2) is 0 Å². The van der Waals surface area contributed by atoms with Gasteiger partial charge in [-0.15, -0.1) is 0 Å². The molecule has 1 fully saturated rings. The van der Waals surface area contributed by atoms with Crippen LogP contribution < -0.4 is 5.32 Å². The van der Waals surface area contributed by atoms with Crippen LogP contribution >= 0.6 is 0 Å². The summed E-state index contributed by atoms with van der Waals surface area (Å²) in [5.41, 5.74) is 0.963. The van der Waals surface area contributed by atoms with Crippen LogP contribution in [0.3, 0.4) is 0 Å². The van der Waals surface area contributed by atoms with E-state index in [1.54, 1.807) is 14.0 Å². The third-order valence-electron chi connectivity index (χ3n) is 4.07. The van der Waals surface area contributed by atoms with Gasteiger partial charge in [0.1, 0.15) is 6.54 Å². The zero-order valence-corrected chi connectivity index (χ0v) is 12.0. The number of carbonyl (C=O) groups is 1. The molecule has 1 heterocycles. The van der Waals surface area contributed by atoms with Crippen LogP contribution in [0.4, 0.5) is 13.2 Å². The summed E-state index contributed by atoms with van der Waals surface area (Å²) >= 11 is 0. The molecule has 0 bridgehead atoms. The van der Waals surface area contributed by atoms with E-state index in [-0.39, 0.29) is 5.92 Å². The molecule has 1 aliphatic rings. The number of carbonyl (C=O) groups excluding carboxylic acids is 1. The van der Waals surface area contributed by atoms with E-state index in [4.69, 9.17) is 0 Å². The number of nitrogens with one attached hydrogen (secondary N) is 1. The molecule has 0 saturated carbocycles. The second-order valence-corrected chi connectivity index (χ2v) is 5.42.